The van der Waals surface area contributed by atoms with Crippen LogP contribution in [0.2, 0.25) is 0 Å². The van der Waals surface area contributed by atoms with Gasteiger partial charge in [0, 0.05) is 55.3 Å². The normalized spacial score (nSPS) is 14.7. The monoisotopic (exact) mass is 390 g/mol. The van der Waals surface area contributed by atoms with Gasteiger partial charge in [-0.1, -0.05) is 29.8 Å². The van der Waals surface area contributed by atoms with E-state index in [1.807, 2.05) is 12.3 Å². The number of aromatic nitrogens is 3. The van der Waals surface area contributed by atoms with Crippen molar-refractivity contribution < 1.29 is 4.74 Å². The summed E-state index contributed by atoms with van der Waals surface area (Å²) in [6.45, 7) is 7.36. The first kappa shape index (κ1) is 19.3. The number of pyridine rings is 1. The minimum Gasteiger partial charge on any atom is -0.384 e. The van der Waals surface area contributed by atoms with Gasteiger partial charge in [-0.2, -0.15) is 0 Å². The highest BCUT2D eigenvalue weighted by Crippen LogP contribution is 2.30. The van der Waals surface area contributed by atoms with Gasteiger partial charge in [0.05, 0.1) is 18.9 Å². The summed E-state index contributed by atoms with van der Waals surface area (Å²) < 4.78 is 5.40. The van der Waals surface area contributed by atoms with Crippen LogP contribution >= 0.6 is 0 Å². The Balaban J connectivity index is 1.58. The molecule has 0 aliphatic carbocycles. The van der Waals surface area contributed by atoms with E-state index < -0.39 is 0 Å². The molecule has 1 saturated heterocycles. The molecule has 150 valence electrons. The van der Waals surface area contributed by atoms with Crippen molar-refractivity contribution in [2.45, 2.75) is 6.92 Å². The fraction of sp³-hybridized carbons (Fsp3) is 0.318. The Morgan fingerprint density at radius 1 is 1.00 bits per heavy atom. The van der Waals surface area contributed by atoms with Gasteiger partial charge in [0.2, 0.25) is 5.95 Å². The van der Waals surface area contributed by atoms with Gasteiger partial charge in [-0.3, -0.25) is 4.90 Å². The molecule has 1 aliphatic heterocycles. The standard InChI is InChI=1S/C22H26N6O/c1-16-2-4-17(5-3-16)21-19(18-6-7-20(23)25-14-18)15-26-22(27-21)24-8-9-28-10-12-29-13-11-28/h2-7,14-15H,8-13H2,1H3,(H2,23,25)(H,24,26,27). The van der Waals surface area contributed by atoms with Crippen molar-refractivity contribution in [2.24, 2.45) is 0 Å². The summed E-state index contributed by atoms with van der Waals surface area (Å²) in [4.78, 5) is 16.0. The Morgan fingerprint density at radius 2 is 1.76 bits per heavy atom. The first-order valence-electron chi connectivity index (χ1n) is 9.89. The third-order valence-corrected chi connectivity index (χ3v) is 5.03. The number of hydrogen-bond acceptors (Lipinski definition) is 7. The summed E-state index contributed by atoms with van der Waals surface area (Å²) in [6, 6.07) is 12.1. The van der Waals surface area contributed by atoms with Crippen molar-refractivity contribution in [3.63, 3.8) is 0 Å². The smallest absolute Gasteiger partial charge is 0.223 e. The van der Waals surface area contributed by atoms with Crippen molar-refractivity contribution in [1.29, 1.82) is 0 Å². The van der Waals surface area contributed by atoms with Crippen molar-refractivity contribution >= 4 is 11.8 Å². The van der Waals surface area contributed by atoms with Crippen LogP contribution in [0, 0.1) is 6.92 Å². The summed E-state index contributed by atoms with van der Waals surface area (Å²) in [6.07, 6.45) is 3.61. The molecular formula is C22H26N6O. The lowest BCUT2D eigenvalue weighted by Gasteiger charge is -2.26. The number of rotatable bonds is 6. The molecule has 0 spiro atoms. The number of ether oxygens (including phenoxy) is 1. The SMILES string of the molecule is Cc1ccc(-c2nc(NCCN3CCOCC3)ncc2-c2ccc(N)nc2)cc1. The molecular weight excluding hydrogens is 364 g/mol. The first-order valence-corrected chi connectivity index (χ1v) is 9.89. The predicted molar refractivity (Wildman–Crippen MR) is 116 cm³/mol. The molecule has 1 fully saturated rings. The summed E-state index contributed by atoms with van der Waals surface area (Å²) >= 11 is 0. The third-order valence-electron chi connectivity index (χ3n) is 5.03. The second-order valence-corrected chi connectivity index (χ2v) is 7.17. The topological polar surface area (TPSA) is 89.2 Å². The van der Waals surface area contributed by atoms with Crippen molar-refractivity contribution in [3.05, 3.63) is 54.4 Å². The molecule has 0 amide bonds. The number of nitrogen functional groups attached to an aromatic ring is 1. The Hall–Kier alpha value is -3.03. The quantitative estimate of drug-likeness (QED) is 0.669. The van der Waals surface area contributed by atoms with E-state index in [9.17, 15) is 0 Å². The number of anilines is 2. The third kappa shape index (κ3) is 4.88. The molecule has 29 heavy (non-hydrogen) atoms. The Kier molecular flexibility index (Phi) is 5.97. The average Bonchev–Trinajstić information content (AvgIpc) is 2.76. The maximum atomic E-state index is 5.75. The molecule has 2 aromatic heterocycles. The van der Waals surface area contributed by atoms with Crippen LogP contribution in [0.1, 0.15) is 5.56 Å². The van der Waals surface area contributed by atoms with Crippen LogP contribution < -0.4 is 11.1 Å². The number of benzene rings is 1. The second-order valence-electron chi connectivity index (χ2n) is 7.17. The van der Waals surface area contributed by atoms with Crippen molar-refractivity contribution in [1.82, 2.24) is 19.9 Å². The number of aryl methyl sites for hydroxylation is 1. The lowest BCUT2D eigenvalue weighted by Crippen LogP contribution is -2.39. The van der Waals surface area contributed by atoms with E-state index in [1.165, 1.54) is 5.56 Å². The number of nitrogens with zero attached hydrogens (tertiary/aromatic N) is 4. The minimum absolute atomic E-state index is 0.493. The number of nitrogens with one attached hydrogen (secondary N) is 1. The summed E-state index contributed by atoms with van der Waals surface area (Å²) in [5.41, 5.74) is 10.7. The van der Waals surface area contributed by atoms with Crippen LogP contribution in [0.5, 0.6) is 0 Å². The fourth-order valence-corrected chi connectivity index (χ4v) is 3.32. The zero-order chi connectivity index (χ0) is 20.1. The van der Waals surface area contributed by atoms with Gasteiger partial charge in [0.1, 0.15) is 5.82 Å². The molecule has 0 bridgehead atoms. The highest BCUT2D eigenvalue weighted by molar-refractivity contribution is 5.80. The van der Waals surface area contributed by atoms with Crippen LogP contribution in [0.15, 0.2) is 48.8 Å². The molecule has 7 heteroatoms. The molecule has 1 aliphatic rings. The fourth-order valence-electron chi connectivity index (χ4n) is 3.32. The van der Waals surface area contributed by atoms with Gasteiger partial charge in [-0.15, -0.1) is 0 Å². The average molecular weight is 390 g/mol. The summed E-state index contributed by atoms with van der Waals surface area (Å²) in [7, 11) is 0. The van der Waals surface area contributed by atoms with Crippen LogP contribution in [0.25, 0.3) is 22.4 Å². The highest BCUT2D eigenvalue weighted by atomic mass is 16.5. The van der Waals surface area contributed by atoms with Crippen LogP contribution in [0.4, 0.5) is 11.8 Å². The second kappa shape index (κ2) is 8.98. The predicted octanol–water partition coefficient (Wildman–Crippen LogP) is 2.84. The van der Waals surface area contributed by atoms with Gasteiger partial charge < -0.3 is 15.8 Å². The minimum atomic E-state index is 0.493. The molecule has 0 unspecified atom stereocenters. The molecule has 0 atom stereocenters. The summed E-state index contributed by atoms with van der Waals surface area (Å²) in [5.74, 6) is 1.12. The van der Waals surface area contributed by atoms with E-state index in [0.29, 0.717) is 11.8 Å². The molecule has 0 saturated carbocycles. The van der Waals surface area contributed by atoms with Gasteiger partial charge in [-0.05, 0) is 19.1 Å². The molecule has 3 heterocycles. The number of hydrogen-bond donors (Lipinski definition) is 2. The highest BCUT2D eigenvalue weighted by Gasteiger charge is 2.13. The summed E-state index contributed by atoms with van der Waals surface area (Å²) in [5, 5.41) is 3.36. The van der Waals surface area contributed by atoms with E-state index in [1.54, 1.807) is 12.3 Å². The lowest BCUT2D eigenvalue weighted by atomic mass is 10.0. The number of nitrogens with two attached hydrogens (primary N) is 1. The Labute approximate surface area is 171 Å². The molecule has 3 aromatic rings. The Morgan fingerprint density at radius 3 is 2.48 bits per heavy atom. The lowest BCUT2D eigenvalue weighted by molar-refractivity contribution is 0.0398. The molecule has 1 aromatic carbocycles. The maximum absolute atomic E-state index is 5.75. The van der Waals surface area contributed by atoms with Crippen LogP contribution in [-0.2, 0) is 4.74 Å². The van der Waals surface area contributed by atoms with Gasteiger partial charge in [0.25, 0.3) is 0 Å². The zero-order valence-corrected chi connectivity index (χ0v) is 16.6. The van der Waals surface area contributed by atoms with Crippen LogP contribution in [0.3, 0.4) is 0 Å². The van der Waals surface area contributed by atoms with E-state index >= 15 is 0 Å². The van der Waals surface area contributed by atoms with Gasteiger partial charge in [-0.25, -0.2) is 15.0 Å². The molecule has 0 radical (unpaired) electrons. The molecule has 4 rings (SSSR count). The van der Waals surface area contributed by atoms with E-state index in [0.717, 1.165) is 61.8 Å². The maximum Gasteiger partial charge on any atom is 0.223 e. The van der Waals surface area contributed by atoms with E-state index in [4.69, 9.17) is 15.5 Å². The Bertz CT molecular complexity index is 937. The van der Waals surface area contributed by atoms with Gasteiger partial charge in [0.15, 0.2) is 0 Å². The van der Waals surface area contributed by atoms with Crippen LogP contribution in [-0.4, -0.2) is 59.2 Å². The molecule has 7 nitrogen and oxygen atoms in total. The van der Waals surface area contributed by atoms with E-state index in [2.05, 4.69) is 51.4 Å². The van der Waals surface area contributed by atoms with E-state index in [-0.39, 0.29) is 0 Å². The number of morpholine rings is 1. The largest absolute Gasteiger partial charge is 0.384 e. The van der Waals surface area contributed by atoms with Crippen molar-refractivity contribution in [3.8, 4) is 22.4 Å². The first-order chi connectivity index (χ1) is 14.2. The zero-order valence-electron chi connectivity index (χ0n) is 16.6. The molecule has 3 N–H and O–H groups in total. The van der Waals surface area contributed by atoms with Gasteiger partial charge >= 0.3 is 0 Å². The van der Waals surface area contributed by atoms with Crippen molar-refractivity contribution in [2.75, 3.05) is 50.4 Å².